The van der Waals surface area contributed by atoms with Crippen molar-refractivity contribution in [3.63, 3.8) is 0 Å². The number of hydrogen-bond acceptors (Lipinski definition) is 4. The quantitative estimate of drug-likeness (QED) is 0.392. The number of fused-ring (bicyclic) bond motifs is 1. The molecule has 0 aliphatic rings. The first kappa shape index (κ1) is 22.4. The maximum Gasteiger partial charge on any atom is 0.258 e. The summed E-state index contributed by atoms with van der Waals surface area (Å²) >= 11 is 0. The number of methoxy groups -OCH3 is 3. The van der Waals surface area contributed by atoms with Gasteiger partial charge < -0.3 is 18.8 Å². The summed E-state index contributed by atoms with van der Waals surface area (Å²) in [6.07, 6.45) is 1.84. The van der Waals surface area contributed by atoms with Crippen LogP contribution in [-0.4, -0.2) is 25.9 Å². The third kappa shape index (κ3) is 4.16. The van der Waals surface area contributed by atoms with Gasteiger partial charge in [-0.05, 0) is 78.4 Å². The molecule has 4 aromatic rings. The molecule has 0 atom stereocenters. The summed E-state index contributed by atoms with van der Waals surface area (Å²) in [5, 5.41) is 1.32. The van der Waals surface area contributed by atoms with E-state index in [2.05, 4.69) is 0 Å². The molecule has 0 N–H and O–H groups in total. The van der Waals surface area contributed by atoms with Crippen LogP contribution in [0, 0.1) is 19.7 Å². The van der Waals surface area contributed by atoms with Crippen LogP contribution in [0.2, 0.25) is 0 Å². The van der Waals surface area contributed by atoms with Gasteiger partial charge >= 0.3 is 0 Å². The molecule has 3 aromatic carbocycles. The minimum atomic E-state index is -0.281. The first-order chi connectivity index (χ1) is 15.9. The number of ether oxygens (including phenoxy) is 3. The summed E-state index contributed by atoms with van der Waals surface area (Å²) in [6.45, 7) is 4.05. The van der Waals surface area contributed by atoms with E-state index in [0.717, 1.165) is 33.2 Å². The number of hydrogen-bond donors (Lipinski definition) is 0. The van der Waals surface area contributed by atoms with E-state index >= 15 is 0 Å². The lowest BCUT2D eigenvalue weighted by Gasteiger charge is -2.18. The topological polar surface area (TPSA) is 49.7 Å². The number of benzene rings is 3. The second-order valence-corrected chi connectivity index (χ2v) is 7.98. The number of rotatable bonds is 6. The third-order valence-corrected chi connectivity index (χ3v) is 5.89. The second-order valence-electron chi connectivity index (χ2n) is 7.98. The van der Waals surface area contributed by atoms with Crippen LogP contribution in [-0.2, 0) is 6.54 Å². The first-order valence-electron chi connectivity index (χ1n) is 10.6. The smallest absolute Gasteiger partial charge is 0.258 e. The molecule has 33 heavy (non-hydrogen) atoms. The van der Waals surface area contributed by atoms with E-state index in [-0.39, 0.29) is 11.4 Å². The highest BCUT2D eigenvalue weighted by atomic mass is 19.1. The first-order valence-corrected chi connectivity index (χ1v) is 10.6. The molecule has 170 valence electrons. The highest BCUT2D eigenvalue weighted by Crippen LogP contribution is 2.34. The van der Waals surface area contributed by atoms with Gasteiger partial charge in [0.1, 0.15) is 23.1 Å². The molecule has 0 saturated heterocycles. The number of aromatic nitrogens is 1. The summed E-state index contributed by atoms with van der Waals surface area (Å²) in [7, 11) is 4.75. The van der Waals surface area contributed by atoms with E-state index in [1.54, 1.807) is 38.0 Å². The standard InChI is InChI=1S/C27H26FNO4/c1-16-10-19(28)11-17(2)26(16)24-15-29(14-18-6-7-21(32-4)13-25(18)33-5)27(30)23-12-20(31-3)8-9-22(23)24/h6-13,15H,14H2,1-5H3. The highest BCUT2D eigenvalue weighted by molar-refractivity contribution is 5.98. The fourth-order valence-corrected chi connectivity index (χ4v) is 4.32. The van der Waals surface area contributed by atoms with Gasteiger partial charge in [-0.25, -0.2) is 4.39 Å². The van der Waals surface area contributed by atoms with E-state index in [0.29, 0.717) is 29.2 Å². The van der Waals surface area contributed by atoms with Crippen molar-refractivity contribution < 1.29 is 18.6 Å². The van der Waals surface area contributed by atoms with E-state index in [4.69, 9.17) is 14.2 Å². The fraction of sp³-hybridized carbons (Fsp3) is 0.222. The second kappa shape index (κ2) is 8.98. The van der Waals surface area contributed by atoms with Crippen molar-refractivity contribution in [2.75, 3.05) is 21.3 Å². The molecule has 0 fully saturated rings. The number of halogens is 1. The van der Waals surface area contributed by atoms with Crippen molar-refractivity contribution in [3.8, 4) is 28.4 Å². The van der Waals surface area contributed by atoms with Gasteiger partial charge in [0.25, 0.3) is 5.56 Å². The number of aryl methyl sites for hydroxylation is 2. The minimum Gasteiger partial charge on any atom is -0.497 e. The summed E-state index contributed by atoms with van der Waals surface area (Å²) in [6, 6.07) is 14.0. The van der Waals surface area contributed by atoms with Gasteiger partial charge in [-0.3, -0.25) is 4.79 Å². The van der Waals surface area contributed by atoms with Crippen LogP contribution in [0.1, 0.15) is 16.7 Å². The molecule has 0 unspecified atom stereocenters. The Morgan fingerprint density at radius 1 is 0.818 bits per heavy atom. The molecule has 4 rings (SSSR count). The van der Waals surface area contributed by atoms with E-state index in [1.165, 1.54) is 12.1 Å². The largest absolute Gasteiger partial charge is 0.497 e. The predicted octanol–water partition coefficient (Wildman–Crippen LogP) is 5.50. The molecule has 0 spiro atoms. The maximum atomic E-state index is 14.0. The van der Waals surface area contributed by atoms with Crippen molar-refractivity contribution >= 4 is 10.8 Å². The molecule has 0 aliphatic carbocycles. The van der Waals surface area contributed by atoms with Gasteiger partial charge in [0.15, 0.2) is 0 Å². The molecule has 1 aromatic heterocycles. The van der Waals surface area contributed by atoms with Crippen molar-refractivity contribution in [1.29, 1.82) is 0 Å². The van der Waals surface area contributed by atoms with E-state index in [9.17, 15) is 9.18 Å². The molecular weight excluding hydrogens is 421 g/mol. The van der Waals surface area contributed by atoms with Crippen LogP contribution in [0.3, 0.4) is 0 Å². The summed E-state index contributed by atoms with van der Waals surface area (Å²) in [5.41, 5.74) is 4.05. The molecule has 0 radical (unpaired) electrons. The summed E-state index contributed by atoms with van der Waals surface area (Å²) in [5.74, 6) is 1.61. The van der Waals surface area contributed by atoms with Gasteiger partial charge in [-0.15, -0.1) is 0 Å². The molecule has 5 nitrogen and oxygen atoms in total. The molecule has 0 bridgehead atoms. The third-order valence-electron chi connectivity index (χ3n) is 5.89. The van der Waals surface area contributed by atoms with Crippen molar-refractivity contribution in [1.82, 2.24) is 4.57 Å². The Hall–Kier alpha value is -3.80. The van der Waals surface area contributed by atoms with Crippen LogP contribution >= 0.6 is 0 Å². The number of nitrogens with zero attached hydrogens (tertiary/aromatic N) is 1. The van der Waals surface area contributed by atoms with Gasteiger partial charge in [-0.2, -0.15) is 0 Å². The van der Waals surface area contributed by atoms with Crippen molar-refractivity contribution in [3.05, 3.63) is 87.6 Å². The van der Waals surface area contributed by atoms with Crippen LogP contribution in [0.15, 0.2) is 59.5 Å². The normalized spacial score (nSPS) is 11.0. The summed E-state index contributed by atoms with van der Waals surface area (Å²) < 4.78 is 31.9. The lowest BCUT2D eigenvalue weighted by atomic mass is 9.93. The highest BCUT2D eigenvalue weighted by Gasteiger charge is 2.17. The minimum absolute atomic E-state index is 0.150. The Balaban J connectivity index is 1.99. The monoisotopic (exact) mass is 447 g/mol. The zero-order valence-corrected chi connectivity index (χ0v) is 19.4. The Morgan fingerprint density at radius 2 is 1.45 bits per heavy atom. The van der Waals surface area contributed by atoms with Gasteiger partial charge in [0.2, 0.25) is 0 Å². The predicted molar refractivity (Wildman–Crippen MR) is 128 cm³/mol. The summed E-state index contributed by atoms with van der Waals surface area (Å²) in [4.78, 5) is 13.5. The van der Waals surface area contributed by atoms with Crippen LogP contribution in [0.5, 0.6) is 17.2 Å². The Labute approximate surface area is 192 Å². The Morgan fingerprint density at radius 3 is 2.09 bits per heavy atom. The molecule has 6 heteroatoms. The van der Waals surface area contributed by atoms with E-state index in [1.807, 2.05) is 44.3 Å². The zero-order valence-electron chi connectivity index (χ0n) is 19.4. The van der Waals surface area contributed by atoms with Crippen LogP contribution in [0.4, 0.5) is 4.39 Å². The van der Waals surface area contributed by atoms with Crippen LogP contribution in [0.25, 0.3) is 21.9 Å². The van der Waals surface area contributed by atoms with Crippen molar-refractivity contribution in [2.45, 2.75) is 20.4 Å². The molecule has 0 amide bonds. The maximum absolute atomic E-state index is 14.0. The fourth-order valence-electron chi connectivity index (χ4n) is 4.32. The average Bonchev–Trinajstić information content (AvgIpc) is 2.81. The lowest BCUT2D eigenvalue weighted by Crippen LogP contribution is -2.21. The van der Waals surface area contributed by atoms with Gasteiger partial charge in [0, 0.05) is 23.4 Å². The average molecular weight is 448 g/mol. The molecule has 0 aliphatic heterocycles. The van der Waals surface area contributed by atoms with Gasteiger partial charge in [0.05, 0.1) is 33.3 Å². The Bertz CT molecular complexity index is 1380. The zero-order chi connectivity index (χ0) is 23.7. The van der Waals surface area contributed by atoms with Crippen LogP contribution < -0.4 is 19.8 Å². The Kier molecular flexibility index (Phi) is 6.09. The van der Waals surface area contributed by atoms with Gasteiger partial charge in [-0.1, -0.05) is 0 Å². The molecular formula is C27H26FNO4. The number of pyridine rings is 1. The van der Waals surface area contributed by atoms with E-state index < -0.39 is 0 Å². The lowest BCUT2D eigenvalue weighted by molar-refractivity contribution is 0.390. The molecule has 1 heterocycles. The van der Waals surface area contributed by atoms with Crippen molar-refractivity contribution in [2.24, 2.45) is 0 Å². The SMILES string of the molecule is COc1ccc(Cn2cc(-c3c(C)cc(F)cc3C)c3ccc(OC)cc3c2=O)c(OC)c1. The molecule has 0 saturated carbocycles.